The van der Waals surface area contributed by atoms with Gasteiger partial charge in [0.1, 0.15) is 0 Å². The molecule has 0 radical (unpaired) electrons. The zero-order valence-electron chi connectivity index (χ0n) is 10.8. The Balaban J connectivity index is 1.80. The Bertz CT molecular complexity index is 485. The predicted molar refractivity (Wildman–Crippen MR) is 86.2 cm³/mol. The van der Waals surface area contributed by atoms with E-state index in [1.807, 2.05) is 17.4 Å². The van der Waals surface area contributed by atoms with Gasteiger partial charge in [-0.1, -0.05) is 34.1 Å². The summed E-state index contributed by atoms with van der Waals surface area (Å²) in [6.07, 6.45) is 4.39. The highest BCUT2D eigenvalue weighted by molar-refractivity contribution is 9.10. The van der Waals surface area contributed by atoms with Crippen molar-refractivity contribution in [3.8, 4) is 0 Å². The molecule has 0 aliphatic carbocycles. The van der Waals surface area contributed by atoms with Gasteiger partial charge in [0.15, 0.2) is 0 Å². The molecule has 0 saturated carbocycles. The van der Waals surface area contributed by atoms with Crippen molar-refractivity contribution in [2.75, 3.05) is 0 Å². The number of hydrazine groups is 1. The SMILES string of the molecule is NNC(CCCc1cccs1)Cc1cccc(Br)c1. The highest BCUT2D eigenvalue weighted by Gasteiger charge is 2.08. The number of hydrogen-bond acceptors (Lipinski definition) is 3. The van der Waals surface area contributed by atoms with Gasteiger partial charge in [-0.3, -0.25) is 11.3 Å². The van der Waals surface area contributed by atoms with E-state index in [1.54, 1.807) is 0 Å². The van der Waals surface area contributed by atoms with E-state index in [1.165, 1.54) is 16.9 Å². The van der Waals surface area contributed by atoms with Gasteiger partial charge in [-0.05, 0) is 54.8 Å². The summed E-state index contributed by atoms with van der Waals surface area (Å²) in [5.74, 6) is 5.66. The molecule has 1 aromatic heterocycles. The average Bonchev–Trinajstić information content (AvgIpc) is 2.91. The largest absolute Gasteiger partial charge is 0.271 e. The van der Waals surface area contributed by atoms with Crippen LogP contribution in [0.1, 0.15) is 23.3 Å². The fourth-order valence-corrected chi connectivity index (χ4v) is 3.37. The molecular formula is C15H19BrN2S. The summed E-state index contributed by atoms with van der Waals surface area (Å²) in [5, 5.41) is 2.13. The smallest absolute Gasteiger partial charge is 0.0251 e. The van der Waals surface area contributed by atoms with Crippen molar-refractivity contribution in [2.24, 2.45) is 5.84 Å². The highest BCUT2D eigenvalue weighted by Crippen LogP contribution is 2.16. The summed E-state index contributed by atoms with van der Waals surface area (Å²) < 4.78 is 1.12. The lowest BCUT2D eigenvalue weighted by atomic mass is 10.0. The Morgan fingerprint density at radius 3 is 2.84 bits per heavy atom. The van der Waals surface area contributed by atoms with Gasteiger partial charge in [0.05, 0.1) is 0 Å². The molecule has 1 heterocycles. The minimum atomic E-state index is 0.342. The van der Waals surface area contributed by atoms with Gasteiger partial charge in [-0.2, -0.15) is 0 Å². The number of halogens is 1. The number of aryl methyl sites for hydroxylation is 1. The highest BCUT2D eigenvalue weighted by atomic mass is 79.9. The average molecular weight is 339 g/mol. The van der Waals surface area contributed by atoms with E-state index < -0.39 is 0 Å². The summed E-state index contributed by atoms with van der Waals surface area (Å²) in [5.41, 5.74) is 4.25. The van der Waals surface area contributed by atoms with Crippen molar-refractivity contribution < 1.29 is 0 Å². The number of benzene rings is 1. The minimum absolute atomic E-state index is 0.342. The topological polar surface area (TPSA) is 38.0 Å². The van der Waals surface area contributed by atoms with Gasteiger partial charge < -0.3 is 0 Å². The molecule has 3 N–H and O–H groups in total. The molecule has 0 bridgehead atoms. The zero-order valence-corrected chi connectivity index (χ0v) is 13.2. The second-order valence-electron chi connectivity index (χ2n) is 4.67. The van der Waals surface area contributed by atoms with E-state index in [0.29, 0.717) is 6.04 Å². The van der Waals surface area contributed by atoms with Gasteiger partial charge in [0.25, 0.3) is 0 Å². The number of rotatable bonds is 7. The van der Waals surface area contributed by atoms with E-state index in [-0.39, 0.29) is 0 Å². The lowest BCUT2D eigenvalue weighted by Crippen LogP contribution is -2.36. The van der Waals surface area contributed by atoms with Crippen molar-refractivity contribution in [2.45, 2.75) is 31.7 Å². The molecule has 0 aliphatic rings. The van der Waals surface area contributed by atoms with Crippen LogP contribution < -0.4 is 11.3 Å². The molecule has 0 spiro atoms. The summed E-state index contributed by atoms with van der Waals surface area (Å²) in [7, 11) is 0. The molecule has 0 saturated heterocycles. The van der Waals surface area contributed by atoms with Gasteiger partial charge >= 0.3 is 0 Å². The Morgan fingerprint density at radius 1 is 1.26 bits per heavy atom. The molecular weight excluding hydrogens is 320 g/mol. The monoisotopic (exact) mass is 338 g/mol. The standard InChI is InChI=1S/C15H19BrN2S/c16-13-5-1-4-12(10-13)11-14(18-17)6-2-7-15-8-3-9-19-15/h1,3-5,8-10,14,18H,2,6-7,11,17H2. The molecule has 1 atom stereocenters. The predicted octanol–water partition coefficient (Wildman–Crippen LogP) is 3.91. The first-order valence-corrected chi connectivity index (χ1v) is 8.18. The summed E-state index contributed by atoms with van der Waals surface area (Å²) in [6.45, 7) is 0. The van der Waals surface area contributed by atoms with E-state index in [4.69, 9.17) is 5.84 Å². The van der Waals surface area contributed by atoms with Crippen LogP contribution in [-0.4, -0.2) is 6.04 Å². The normalized spacial score (nSPS) is 12.5. The first-order valence-electron chi connectivity index (χ1n) is 6.51. The summed E-state index contributed by atoms with van der Waals surface area (Å²) in [4.78, 5) is 1.46. The Labute approximate surface area is 127 Å². The molecule has 0 fully saturated rings. The van der Waals surface area contributed by atoms with E-state index >= 15 is 0 Å². The molecule has 19 heavy (non-hydrogen) atoms. The molecule has 1 aromatic carbocycles. The van der Waals surface area contributed by atoms with Crippen LogP contribution in [0.3, 0.4) is 0 Å². The van der Waals surface area contributed by atoms with Crippen molar-refractivity contribution in [3.05, 3.63) is 56.7 Å². The fraction of sp³-hybridized carbons (Fsp3) is 0.333. The number of nitrogens with two attached hydrogens (primary N) is 1. The lowest BCUT2D eigenvalue weighted by Gasteiger charge is -2.15. The van der Waals surface area contributed by atoms with Crippen LogP contribution >= 0.6 is 27.3 Å². The van der Waals surface area contributed by atoms with Crippen LogP contribution in [0.2, 0.25) is 0 Å². The third-order valence-electron chi connectivity index (χ3n) is 3.16. The van der Waals surface area contributed by atoms with Crippen LogP contribution in [0.15, 0.2) is 46.3 Å². The van der Waals surface area contributed by atoms with E-state index in [2.05, 4.69) is 57.1 Å². The van der Waals surface area contributed by atoms with Crippen LogP contribution in [0, 0.1) is 0 Å². The Morgan fingerprint density at radius 2 is 2.16 bits per heavy atom. The maximum atomic E-state index is 5.66. The molecule has 4 heteroatoms. The van der Waals surface area contributed by atoms with Crippen LogP contribution in [0.5, 0.6) is 0 Å². The summed E-state index contributed by atoms with van der Waals surface area (Å²) in [6, 6.07) is 13.1. The zero-order chi connectivity index (χ0) is 13.5. The second kappa shape index (κ2) is 7.80. The number of nitrogens with one attached hydrogen (secondary N) is 1. The van der Waals surface area contributed by atoms with Gasteiger partial charge in [0, 0.05) is 15.4 Å². The number of hydrogen-bond donors (Lipinski definition) is 2. The Kier molecular flexibility index (Phi) is 6.04. The van der Waals surface area contributed by atoms with Gasteiger partial charge in [-0.25, -0.2) is 0 Å². The van der Waals surface area contributed by atoms with E-state index in [9.17, 15) is 0 Å². The maximum absolute atomic E-state index is 5.66. The molecule has 2 nitrogen and oxygen atoms in total. The van der Waals surface area contributed by atoms with Crippen molar-refractivity contribution in [1.82, 2.24) is 5.43 Å². The molecule has 102 valence electrons. The fourth-order valence-electron chi connectivity index (χ4n) is 2.17. The quantitative estimate of drug-likeness (QED) is 0.593. The first kappa shape index (κ1) is 14.7. The molecule has 0 amide bonds. The molecule has 2 aromatic rings. The first-order chi connectivity index (χ1) is 9.28. The molecule has 1 unspecified atom stereocenters. The third kappa shape index (κ3) is 5.07. The van der Waals surface area contributed by atoms with Gasteiger partial charge in [-0.15, -0.1) is 11.3 Å². The molecule has 2 rings (SSSR count). The minimum Gasteiger partial charge on any atom is -0.271 e. The lowest BCUT2D eigenvalue weighted by molar-refractivity contribution is 0.477. The third-order valence-corrected chi connectivity index (χ3v) is 4.59. The van der Waals surface area contributed by atoms with Crippen molar-refractivity contribution >= 4 is 27.3 Å². The van der Waals surface area contributed by atoms with E-state index in [0.717, 1.165) is 23.7 Å². The van der Waals surface area contributed by atoms with Crippen molar-refractivity contribution in [3.63, 3.8) is 0 Å². The maximum Gasteiger partial charge on any atom is 0.0251 e. The molecule has 0 aliphatic heterocycles. The van der Waals surface area contributed by atoms with Crippen LogP contribution in [0.4, 0.5) is 0 Å². The summed E-state index contributed by atoms with van der Waals surface area (Å²) >= 11 is 5.33. The number of thiophene rings is 1. The van der Waals surface area contributed by atoms with Crippen molar-refractivity contribution in [1.29, 1.82) is 0 Å². The Hall–Kier alpha value is -0.680. The van der Waals surface area contributed by atoms with Crippen LogP contribution in [-0.2, 0) is 12.8 Å². The van der Waals surface area contributed by atoms with Gasteiger partial charge in [0.2, 0.25) is 0 Å². The second-order valence-corrected chi connectivity index (χ2v) is 6.62. The van der Waals surface area contributed by atoms with Crippen LogP contribution in [0.25, 0.3) is 0 Å².